The van der Waals surface area contributed by atoms with Gasteiger partial charge >= 0.3 is 0 Å². The first kappa shape index (κ1) is 17.9. The van der Waals surface area contributed by atoms with Gasteiger partial charge in [0.1, 0.15) is 0 Å². The topological polar surface area (TPSA) is 67.4 Å². The summed E-state index contributed by atoms with van der Waals surface area (Å²) in [5, 5.41) is 7.25. The van der Waals surface area contributed by atoms with Crippen LogP contribution in [0.5, 0.6) is 0 Å². The van der Waals surface area contributed by atoms with Gasteiger partial charge in [0.25, 0.3) is 0 Å². The predicted molar refractivity (Wildman–Crippen MR) is 94.6 cm³/mol. The molecular formula is C18H28N2O3S. The zero-order valence-corrected chi connectivity index (χ0v) is 15.3. The largest absolute Gasteiger partial charge is 0.377 e. The van der Waals surface area contributed by atoms with Crippen molar-refractivity contribution in [2.45, 2.75) is 55.8 Å². The molecule has 0 saturated carbocycles. The van der Waals surface area contributed by atoms with E-state index in [1.807, 2.05) is 12.1 Å². The van der Waals surface area contributed by atoms with Gasteiger partial charge in [-0.2, -0.15) is 0 Å². The Morgan fingerprint density at radius 1 is 1.21 bits per heavy atom. The summed E-state index contributed by atoms with van der Waals surface area (Å²) < 4.78 is 28.9. The maximum Gasteiger partial charge on any atom is 0.175 e. The fourth-order valence-electron chi connectivity index (χ4n) is 3.58. The van der Waals surface area contributed by atoms with Crippen LogP contribution >= 0.6 is 0 Å². The van der Waals surface area contributed by atoms with E-state index in [9.17, 15) is 8.42 Å². The molecule has 3 rings (SSSR count). The third-order valence-corrected chi connectivity index (χ3v) is 6.33. The molecule has 0 aliphatic carbocycles. The quantitative estimate of drug-likeness (QED) is 0.851. The first-order valence-corrected chi connectivity index (χ1v) is 10.7. The van der Waals surface area contributed by atoms with Crippen LogP contribution in [0.15, 0.2) is 29.2 Å². The summed E-state index contributed by atoms with van der Waals surface area (Å²) in [7, 11) is -3.13. The summed E-state index contributed by atoms with van der Waals surface area (Å²) in [6.45, 7) is 4.01. The van der Waals surface area contributed by atoms with Crippen LogP contribution in [0, 0.1) is 5.92 Å². The van der Waals surface area contributed by atoms with Gasteiger partial charge < -0.3 is 4.74 Å². The third-order valence-electron chi connectivity index (χ3n) is 5.20. The van der Waals surface area contributed by atoms with Crippen molar-refractivity contribution in [2.75, 3.05) is 19.4 Å². The van der Waals surface area contributed by atoms with Gasteiger partial charge in [-0.15, -0.1) is 0 Å². The molecule has 6 heteroatoms. The van der Waals surface area contributed by atoms with Crippen LogP contribution in [0.25, 0.3) is 0 Å². The first-order chi connectivity index (χ1) is 11.4. The minimum Gasteiger partial charge on any atom is -0.377 e. The molecule has 4 atom stereocenters. The van der Waals surface area contributed by atoms with Crippen molar-refractivity contribution in [1.82, 2.24) is 10.6 Å². The van der Waals surface area contributed by atoms with Crippen LogP contribution in [0.4, 0.5) is 0 Å². The number of ether oxygens (including phenoxy) is 1. The average Bonchev–Trinajstić information content (AvgIpc) is 2.98. The number of nitrogens with one attached hydrogen (secondary N) is 2. The van der Waals surface area contributed by atoms with Gasteiger partial charge in [-0.25, -0.2) is 8.42 Å². The van der Waals surface area contributed by atoms with Crippen LogP contribution in [0.1, 0.15) is 44.2 Å². The van der Waals surface area contributed by atoms with Gasteiger partial charge in [0.15, 0.2) is 9.84 Å². The fourth-order valence-corrected chi connectivity index (χ4v) is 4.21. The van der Waals surface area contributed by atoms with Gasteiger partial charge in [-0.1, -0.05) is 19.1 Å². The van der Waals surface area contributed by atoms with E-state index in [1.165, 1.54) is 6.26 Å². The summed E-state index contributed by atoms with van der Waals surface area (Å²) in [4.78, 5) is 0.379. The molecule has 2 aliphatic heterocycles. The molecule has 2 aliphatic rings. The zero-order chi connectivity index (χ0) is 17.2. The smallest absolute Gasteiger partial charge is 0.175 e. The molecule has 5 nitrogen and oxygen atoms in total. The maximum atomic E-state index is 11.6. The van der Waals surface area contributed by atoms with E-state index >= 15 is 0 Å². The minimum absolute atomic E-state index is 0.270. The molecule has 2 fully saturated rings. The van der Waals surface area contributed by atoms with Crippen LogP contribution in [0.2, 0.25) is 0 Å². The monoisotopic (exact) mass is 352 g/mol. The highest BCUT2D eigenvalue weighted by Gasteiger charge is 2.27. The lowest BCUT2D eigenvalue weighted by molar-refractivity contribution is 0.0868. The molecule has 1 aromatic rings. The summed E-state index contributed by atoms with van der Waals surface area (Å²) >= 11 is 0. The van der Waals surface area contributed by atoms with Crippen LogP contribution in [-0.4, -0.2) is 40.1 Å². The molecule has 0 radical (unpaired) electrons. The molecule has 4 unspecified atom stereocenters. The van der Waals surface area contributed by atoms with Crippen LogP contribution < -0.4 is 10.6 Å². The van der Waals surface area contributed by atoms with E-state index in [4.69, 9.17) is 4.74 Å². The number of rotatable bonds is 5. The Bertz CT molecular complexity index is 645. The lowest BCUT2D eigenvalue weighted by Crippen LogP contribution is -2.49. The Labute approximate surface area is 145 Å². The molecule has 2 N–H and O–H groups in total. The highest BCUT2D eigenvalue weighted by atomic mass is 32.2. The Kier molecular flexibility index (Phi) is 5.59. The fraction of sp³-hybridized carbons (Fsp3) is 0.667. The molecule has 2 heterocycles. The summed E-state index contributed by atoms with van der Waals surface area (Å²) in [5.74, 6) is 0.625. The highest BCUT2D eigenvalue weighted by Crippen LogP contribution is 2.26. The number of benzene rings is 1. The van der Waals surface area contributed by atoms with Gasteiger partial charge in [0.2, 0.25) is 0 Å². The summed E-state index contributed by atoms with van der Waals surface area (Å²) in [6, 6.07) is 7.54. The van der Waals surface area contributed by atoms with E-state index in [0.717, 1.165) is 44.4 Å². The van der Waals surface area contributed by atoms with Crippen molar-refractivity contribution in [1.29, 1.82) is 0 Å². The Morgan fingerprint density at radius 2 is 1.96 bits per heavy atom. The maximum absolute atomic E-state index is 11.6. The van der Waals surface area contributed by atoms with Gasteiger partial charge in [-0.05, 0) is 49.3 Å². The second-order valence-corrected chi connectivity index (χ2v) is 9.14. The Hall–Kier alpha value is -0.950. The van der Waals surface area contributed by atoms with Gasteiger partial charge in [0, 0.05) is 25.4 Å². The highest BCUT2D eigenvalue weighted by molar-refractivity contribution is 7.90. The normalized spacial score (nSPS) is 31.2. The van der Waals surface area contributed by atoms with Crippen LogP contribution in [-0.2, 0) is 14.6 Å². The number of piperidine rings is 1. The van der Waals surface area contributed by atoms with Crippen molar-refractivity contribution in [3.05, 3.63) is 29.8 Å². The Balaban J connectivity index is 1.57. The van der Waals surface area contributed by atoms with Gasteiger partial charge in [-0.3, -0.25) is 10.6 Å². The molecular weight excluding hydrogens is 324 g/mol. The van der Waals surface area contributed by atoms with E-state index in [1.54, 1.807) is 12.1 Å². The predicted octanol–water partition coefficient (Wildman–Crippen LogP) is 2.25. The lowest BCUT2D eigenvalue weighted by atomic mass is 9.96. The number of sulfone groups is 1. The second-order valence-electron chi connectivity index (χ2n) is 7.13. The molecule has 0 bridgehead atoms. The minimum atomic E-state index is -3.13. The molecule has 0 aromatic heterocycles. The lowest BCUT2D eigenvalue weighted by Gasteiger charge is -2.33. The molecule has 134 valence electrons. The van der Waals surface area contributed by atoms with Crippen molar-refractivity contribution in [3.8, 4) is 0 Å². The molecule has 0 spiro atoms. The third kappa shape index (κ3) is 4.36. The molecule has 2 saturated heterocycles. The van der Waals surface area contributed by atoms with Gasteiger partial charge in [0.05, 0.1) is 17.2 Å². The van der Waals surface area contributed by atoms with E-state index in [2.05, 4.69) is 17.6 Å². The van der Waals surface area contributed by atoms with Crippen molar-refractivity contribution >= 4 is 9.84 Å². The number of hydrogen-bond donors (Lipinski definition) is 2. The van der Waals surface area contributed by atoms with E-state index in [-0.39, 0.29) is 12.2 Å². The van der Waals surface area contributed by atoms with Crippen molar-refractivity contribution in [3.63, 3.8) is 0 Å². The SMILES string of the molecule is CC1CCOC1CNC1CCCC(c2ccc(S(C)(=O)=O)cc2)N1. The molecule has 24 heavy (non-hydrogen) atoms. The zero-order valence-electron chi connectivity index (χ0n) is 14.5. The first-order valence-electron chi connectivity index (χ1n) is 8.84. The number of hydrogen-bond acceptors (Lipinski definition) is 5. The van der Waals surface area contributed by atoms with Crippen molar-refractivity contribution in [2.24, 2.45) is 5.92 Å². The molecule has 0 amide bonds. The summed E-state index contributed by atoms with van der Waals surface area (Å²) in [5.41, 5.74) is 1.15. The summed E-state index contributed by atoms with van der Waals surface area (Å²) in [6.07, 6.45) is 6.35. The van der Waals surface area contributed by atoms with Crippen LogP contribution in [0.3, 0.4) is 0 Å². The average molecular weight is 352 g/mol. The van der Waals surface area contributed by atoms with E-state index in [0.29, 0.717) is 16.9 Å². The second kappa shape index (κ2) is 7.52. The van der Waals surface area contributed by atoms with Crippen molar-refractivity contribution < 1.29 is 13.2 Å². The Morgan fingerprint density at radius 3 is 2.58 bits per heavy atom. The molecule has 1 aromatic carbocycles. The van der Waals surface area contributed by atoms with E-state index < -0.39 is 9.84 Å². The standard InChI is InChI=1S/C18H28N2O3S/c1-13-10-11-23-17(13)12-19-18-5-3-4-16(20-18)14-6-8-15(9-7-14)24(2,21)22/h6-9,13,16-20H,3-5,10-12H2,1-2H3.